The molecule has 1 aromatic carbocycles. The van der Waals surface area contributed by atoms with Gasteiger partial charge in [-0.3, -0.25) is 14.9 Å². The van der Waals surface area contributed by atoms with Gasteiger partial charge in [0.15, 0.2) is 0 Å². The van der Waals surface area contributed by atoms with Gasteiger partial charge in [-0.05, 0) is 6.07 Å². The Morgan fingerprint density at radius 2 is 2.39 bits per heavy atom. The molecule has 18 heavy (non-hydrogen) atoms. The van der Waals surface area contributed by atoms with Crippen molar-refractivity contribution in [2.24, 2.45) is 0 Å². The molecule has 1 unspecified atom stereocenters. The number of non-ortho nitro benzene ring substituents is 1. The van der Waals surface area contributed by atoms with Crippen molar-refractivity contribution in [1.82, 2.24) is 5.32 Å². The highest BCUT2D eigenvalue weighted by Gasteiger charge is 2.22. The third-order valence-electron chi connectivity index (χ3n) is 2.54. The molecule has 1 saturated heterocycles. The monoisotopic (exact) mass is 251 g/mol. The average Bonchev–Trinajstić information content (AvgIpc) is 2.40. The van der Waals surface area contributed by atoms with E-state index in [0.29, 0.717) is 18.8 Å². The lowest BCUT2D eigenvalue weighted by Crippen LogP contribution is -2.45. The topological polar surface area (TPSA) is 93.5 Å². The Bertz CT molecular complexity index is 457. The number of nitrogens with one attached hydrogen (secondary N) is 2. The van der Waals surface area contributed by atoms with Crippen molar-refractivity contribution in [2.45, 2.75) is 6.10 Å². The largest absolute Gasteiger partial charge is 0.366 e. The van der Waals surface area contributed by atoms with Crippen LogP contribution in [0.25, 0.3) is 0 Å². The molecule has 96 valence electrons. The fourth-order valence-electron chi connectivity index (χ4n) is 1.65. The molecule has 1 amide bonds. The zero-order chi connectivity index (χ0) is 13.0. The number of amides is 1. The highest BCUT2D eigenvalue weighted by atomic mass is 16.6. The van der Waals surface area contributed by atoms with Gasteiger partial charge in [-0.25, -0.2) is 0 Å². The summed E-state index contributed by atoms with van der Waals surface area (Å²) < 4.78 is 5.28. The first-order valence-corrected chi connectivity index (χ1v) is 5.54. The number of nitro benzene ring substituents is 1. The van der Waals surface area contributed by atoms with E-state index in [1.807, 2.05) is 0 Å². The van der Waals surface area contributed by atoms with Crippen LogP contribution < -0.4 is 10.6 Å². The second-order valence-electron chi connectivity index (χ2n) is 3.86. The third kappa shape index (κ3) is 3.02. The molecule has 7 heteroatoms. The summed E-state index contributed by atoms with van der Waals surface area (Å²) in [6, 6.07) is 5.80. The molecule has 0 aromatic heterocycles. The molecule has 0 saturated carbocycles. The molecule has 1 atom stereocenters. The summed E-state index contributed by atoms with van der Waals surface area (Å²) in [6.07, 6.45) is -0.557. The quantitative estimate of drug-likeness (QED) is 0.603. The minimum atomic E-state index is -0.557. The van der Waals surface area contributed by atoms with Crippen molar-refractivity contribution in [3.8, 4) is 0 Å². The zero-order valence-corrected chi connectivity index (χ0v) is 9.59. The van der Waals surface area contributed by atoms with E-state index in [1.54, 1.807) is 6.07 Å². The molecule has 0 bridgehead atoms. The van der Waals surface area contributed by atoms with Gasteiger partial charge >= 0.3 is 0 Å². The van der Waals surface area contributed by atoms with Gasteiger partial charge in [-0.15, -0.1) is 0 Å². The summed E-state index contributed by atoms with van der Waals surface area (Å²) in [4.78, 5) is 21.9. The van der Waals surface area contributed by atoms with Gasteiger partial charge in [0.25, 0.3) is 11.6 Å². The molecule has 2 N–H and O–H groups in total. The van der Waals surface area contributed by atoms with Crippen molar-refractivity contribution in [2.75, 3.05) is 25.0 Å². The number of hydrogen-bond donors (Lipinski definition) is 2. The maximum atomic E-state index is 11.8. The standard InChI is InChI=1S/C11H13N3O4/c15-11(10-7-12-4-5-18-10)13-8-2-1-3-9(6-8)14(16)17/h1-3,6,10,12H,4-5,7H2,(H,13,15). The van der Waals surface area contributed by atoms with Gasteiger partial charge in [0.2, 0.25) is 0 Å². The fourth-order valence-corrected chi connectivity index (χ4v) is 1.65. The first kappa shape index (κ1) is 12.5. The summed E-state index contributed by atoms with van der Waals surface area (Å²) in [6.45, 7) is 1.65. The Kier molecular flexibility index (Phi) is 3.85. The molecule has 1 aliphatic rings. The molecule has 1 fully saturated rings. The molecule has 0 aliphatic carbocycles. The van der Waals surface area contributed by atoms with Crippen LogP contribution in [0.1, 0.15) is 0 Å². The van der Waals surface area contributed by atoms with E-state index in [-0.39, 0.29) is 11.6 Å². The lowest BCUT2D eigenvalue weighted by Gasteiger charge is -2.22. The lowest BCUT2D eigenvalue weighted by molar-refractivity contribution is -0.384. The van der Waals surface area contributed by atoms with Gasteiger partial charge in [-0.2, -0.15) is 0 Å². The predicted octanol–water partition coefficient (Wildman–Crippen LogP) is 0.522. The second kappa shape index (κ2) is 5.56. The summed E-state index contributed by atoms with van der Waals surface area (Å²) in [5, 5.41) is 16.2. The number of nitrogens with zero attached hydrogens (tertiary/aromatic N) is 1. The van der Waals surface area contributed by atoms with E-state index in [2.05, 4.69) is 10.6 Å². The van der Waals surface area contributed by atoms with Crippen molar-refractivity contribution < 1.29 is 14.5 Å². The van der Waals surface area contributed by atoms with Gasteiger partial charge in [0.05, 0.1) is 11.5 Å². The maximum Gasteiger partial charge on any atom is 0.271 e. The van der Waals surface area contributed by atoms with Gasteiger partial charge in [0, 0.05) is 30.9 Å². The van der Waals surface area contributed by atoms with E-state index in [1.165, 1.54) is 18.2 Å². The number of rotatable bonds is 3. The maximum absolute atomic E-state index is 11.8. The van der Waals surface area contributed by atoms with Crippen LogP contribution in [0.2, 0.25) is 0 Å². The van der Waals surface area contributed by atoms with Crippen molar-refractivity contribution in [3.63, 3.8) is 0 Å². The summed E-state index contributed by atoms with van der Waals surface area (Å²) in [5.41, 5.74) is 0.332. The van der Waals surface area contributed by atoms with Gasteiger partial charge in [-0.1, -0.05) is 6.07 Å². The van der Waals surface area contributed by atoms with Crippen LogP contribution in [-0.4, -0.2) is 36.6 Å². The second-order valence-corrected chi connectivity index (χ2v) is 3.86. The minimum Gasteiger partial charge on any atom is -0.366 e. The Morgan fingerprint density at radius 1 is 1.56 bits per heavy atom. The molecule has 2 rings (SSSR count). The van der Waals surface area contributed by atoms with Crippen LogP contribution in [-0.2, 0) is 9.53 Å². The smallest absolute Gasteiger partial charge is 0.271 e. The van der Waals surface area contributed by atoms with Crippen LogP contribution in [0.15, 0.2) is 24.3 Å². The van der Waals surface area contributed by atoms with E-state index in [0.717, 1.165) is 6.54 Å². The number of nitro groups is 1. The molecule has 1 aromatic rings. The Hall–Kier alpha value is -1.99. The molecule has 1 aliphatic heterocycles. The van der Waals surface area contributed by atoms with Crippen LogP contribution >= 0.6 is 0 Å². The van der Waals surface area contributed by atoms with Crippen LogP contribution in [0.3, 0.4) is 0 Å². The summed E-state index contributed by atoms with van der Waals surface area (Å²) in [7, 11) is 0. The summed E-state index contributed by atoms with van der Waals surface area (Å²) >= 11 is 0. The molecular weight excluding hydrogens is 238 g/mol. The first-order chi connectivity index (χ1) is 8.66. The van der Waals surface area contributed by atoms with E-state index in [4.69, 9.17) is 4.74 Å². The van der Waals surface area contributed by atoms with Crippen molar-refractivity contribution in [1.29, 1.82) is 0 Å². The van der Waals surface area contributed by atoms with E-state index < -0.39 is 11.0 Å². The van der Waals surface area contributed by atoms with Gasteiger partial charge < -0.3 is 15.4 Å². The fraction of sp³-hybridized carbons (Fsp3) is 0.364. The highest BCUT2D eigenvalue weighted by molar-refractivity contribution is 5.94. The number of anilines is 1. The molecule has 1 heterocycles. The number of morpholine rings is 1. The summed E-state index contributed by atoms with van der Waals surface area (Å²) in [5.74, 6) is -0.303. The predicted molar refractivity (Wildman–Crippen MR) is 64.3 cm³/mol. The SMILES string of the molecule is O=C(Nc1cccc([N+](=O)[O-])c1)C1CNCCO1. The van der Waals surface area contributed by atoms with E-state index >= 15 is 0 Å². The van der Waals surface area contributed by atoms with Crippen molar-refractivity contribution in [3.05, 3.63) is 34.4 Å². The zero-order valence-electron chi connectivity index (χ0n) is 9.59. The van der Waals surface area contributed by atoms with Crippen molar-refractivity contribution >= 4 is 17.3 Å². The minimum absolute atomic E-state index is 0.0597. The average molecular weight is 251 g/mol. The first-order valence-electron chi connectivity index (χ1n) is 5.54. The van der Waals surface area contributed by atoms with Crippen LogP contribution in [0.4, 0.5) is 11.4 Å². The number of benzene rings is 1. The van der Waals surface area contributed by atoms with Crippen LogP contribution in [0.5, 0.6) is 0 Å². The lowest BCUT2D eigenvalue weighted by atomic mass is 10.2. The normalized spacial score (nSPS) is 19.2. The Balaban J connectivity index is 2.02. The molecule has 7 nitrogen and oxygen atoms in total. The third-order valence-corrected chi connectivity index (χ3v) is 2.54. The number of hydrogen-bond acceptors (Lipinski definition) is 5. The Morgan fingerprint density at radius 3 is 3.06 bits per heavy atom. The number of carbonyl (C=O) groups is 1. The van der Waals surface area contributed by atoms with Gasteiger partial charge in [0.1, 0.15) is 6.10 Å². The molecular formula is C11H13N3O4. The number of ether oxygens (including phenoxy) is 1. The highest BCUT2D eigenvalue weighted by Crippen LogP contribution is 2.17. The molecule has 0 radical (unpaired) electrons. The van der Waals surface area contributed by atoms with E-state index in [9.17, 15) is 14.9 Å². The number of carbonyl (C=O) groups excluding carboxylic acids is 1. The van der Waals surface area contributed by atoms with Crippen LogP contribution in [0, 0.1) is 10.1 Å². The molecule has 0 spiro atoms. The Labute approximate surface area is 103 Å².